The molecule has 1 heterocycles. The average Bonchev–Trinajstić information content (AvgIpc) is 2.45. The lowest BCUT2D eigenvalue weighted by Gasteiger charge is -2.09. The first-order valence-electron chi connectivity index (χ1n) is 5.16. The number of aryl methyl sites for hydroxylation is 2. The molecule has 96 valence electrons. The number of carboxylic acids is 1. The molecule has 0 saturated carbocycles. The topological polar surface area (TPSA) is 72.2 Å². The van der Waals surface area contributed by atoms with Crippen LogP contribution < -0.4 is 0 Å². The SMILES string of the molecule is CCC(C(=O)O)S(=O)Cc1c(C)nn(C)c1Cl. The first-order valence-corrected chi connectivity index (χ1v) is 6.92. The van der Waals surface area contributed by atoms with Crippen LogP contribution in [0.25, 0.3) is 0 Å². The Morgan fingerprint density at radius 1 is 1.65 bits per heavy atom. The van der Waals surface area contributed by atoms with Crippen LogP contribution in [0.4, 0.5) is 0 Å². The van der Waals surface area contributed by atoms with Gasteiger partial charge in [0.15, 0.2) is 0 Å². The number of aliphatic carboxylic acids is 1. The highest BCUT2D eigenvalue weighted by Gasteiger charge is 2.25. The molecule has 2 atom stereocenters. The Kier molecular flexibility index (Phi) is 4.70. The fraction of sp³-hybridized carbons (Fsp3) is 0.600. The van der Waals surface area contributed by atoms with E-state index in [0.29, 0.717) is 22.8 Å². The highest BCUT2D eigenvalue weighted by Crippen LogP contribution is 2.21. The van der Waals surface area contributed by atoms with E-state index in [9.17, 15) is 9.00 Å². The molecule has 2 unspecified atom stereocenters. The van der Waals surface area contributed by atoms with Crippen LogP contribution in [0.5, 0.6) is 0 Å². The van der Waals surface area contributed by atoms with Gasteiger partial charge < -0.3 is 5.11 Å². The number of nitrogens with zero attached hydrogens (tertiary/aromatic N) is 2. The van der Waals surface area contributed by atoms with Crippen molar-refractivity contribution in [2.24, 2.45) is 7.05 Å². The predicted molar refractivity (Wildman–Crippen MR) is 66.5 cm³/mol. The molecule has 17 heavy (non-hydrogen) atoms. The van der Waals surface area contributed by atoms with E-state index in [1.165, 1.54) is 4.68 Å². The number of halogens is 1. The highest BCUT2D eigenvalue weighted by molar-refractivity contribution is 7.85. The van der Waals surface area contributed by atoms with Crippen molar-refractivity contribution < 1.29 is 14.1 Å². The van der Waals surface area contributed by atoms with Crippen molar-refractivity contribution in [1.29, 1.82) is 0 Å². The van der Waals surface area contributed by atoms with E-state index in [2.05, 4.69) is 5.10 Å². The maximum atomic E-state index is 11.9. The number of hydrogen-bond acceptors (Lipinski definition) is 3. The Balaban J connectivity index is 2.91. The van der Waals surface area contributed by atoms with Gasteiger partial charge in [-0.25, -0.2) is 0 Å². The molecule has 0 bridgehead atoms. The van der Waals surface area contributed by atoms with Crippen LogP contribution in [-0.2, 0) is 28.4 Å². The van der Waals surface area contributed by atoms with E-state index in [0.717, 1.165) is 0 Å². The Labute approximate surface area is 107 Å². The zero-order valence-corrected chi connectivity index (χ0v) is 11.5. The molecule has 7 heteroatoms. The van der Waals surface area contributed by atoms with Crippen LogP contribution in [0.2, 0.25) is 5.15 Å². The van der Waals surface area contributed by atoms with E-state index in [4.69, 9.17) is 16.7 Å². The molecule has 1 rings (SSSR count). The van der Waals surface area contributed by atoms with Gasteiger partial charge in [-0.05, 0) is 13.3 Å². The minimum absolute atomic E-state index is 0.128. The predicted octanol–water partition coefficient (Wildman–Crippen LogP) is 1.49. The molecule has 1 aromatic heterocycles. The molecule has 5 nitrogen and oxygen atoms in total. The standard InChI is InChI=1S/C10H15ClN2O3S/c1-4-8(10(14)15)17(16)5-7-6(2)12-13(3)9(7)11/h8H,4-5H2,1-3H3,(H,14,15). The monoisotopic (exact) mass is 278 g/mol. The second kappa shape index (κ2) is 5.64. The number of carbonyl (C=O) groups is 1. The maximum absolute atomic E-state index is 11.9. The molecule has 0 amide bonds. The lowest BCUT2D eigenvalue weighted by molar-refractivity contribution is -0.136. The molecule has 1 N–H and O–H groups in total. The van der Waals surface area contributed by atoms with E-state index in [1.54, 1.807) is 20.9 Å². The third kappa shape index (κ3) is 3.07. The van der Waals surface area contributed by atoms with Gasteiger partial charge in [-0.3, -0.25) is 13.7 Å². The van der Waals surface area contributed by atoms with Gasteiger partial charge in [0, 0.05) is 23.4 Å². The molecule has 0 aliphatic rings. The third-order valence-electron chi connectivity index (χ3n) is 2.52. The fourth-order valence-electron chi connectivity index (χ4n) is 1.55. The van der Waals surface area contributed by atoms with Crippen LogP contribution in [-0.4, -0.2) is 30.3 Å². The number of rotatable bonds is 5. The van der Waals surface area contributed by atoms with Crippen LogP contribution in [0, 0.1) is 6.92 Å². The quantitative estimate of drug-likeness (QED) is 0.886. The first kappa shape index (κ1) is 14.2. The zero-order valence-electron chi connectivity index (χ0n) is 9.94. The fourth-order valence-corrected chi connectivity index (χ4v) is 3.30. The Bertz CT molecular complexity index is 459. The summed E-state index contributed by atoms with van der Waals surface area (Å²) in [4.78, 5) is 10.9. The zero-order chi connectivity index (χ0) is 13.2. The largest absolute Gasteiger partial charge is 0.480 e. The summed E-state index contributed by atoms with van der Waals surface area (Å²) < 4.78 is 13.4. The summed E-state index contributed by atoms with van der Waals surface area (Å²) in [5.41, 5.74) is 1.35. The van der Waals surface area contributed by atoms with Gasteiger partial charge in [-0.2, -0.15) is 5.10 Å². The molecule has 0 saturated heterocycles. The van der Waals surface area contributed by atoms with Gasteiger partial charge in [0.25, 0.3) is 0 Å². The molecule has 0 spiro atoms. The third-order valence-corrected chi connectivity index (χ3v) is 4.74. The maximum Gasteiger partial charge on any atom is 0.319 e. The van der Waals surface area contributed by atoms with Crippen LogP contribution in [0.15, 0.2) is 0 Å². The Hall–Kier alpha value is -0.880. The number of hydrogen-bond donors (Lipinski definition) is 1. The Morgan fingerprint density at radius 3 is 2.59 bits per heavy atom. The average molecular weight is 279 g/mol. The van der Waals surface area contributed by atoms with E-state index >= 15 is 0 Å². The minimum atomic E-state index is -1.48. The van der Waals surface area contributed by atoms with Crippen molar-refractivity contribution >= 4 is 28.4 Å². The molecule has 0 aliphatic carbocycles. The second-order valence-corrected chi connectivity index (χ2v) is 5.72. The van der Waals surface area contributed by atoms with Crippen molar-refractivity contribution in [2.45, 2.75) is 31.3 Å². The Morgan fingerprint density at radius 2 is 2.24 bits per heavy atom. The summed E-state index contributed by atoms with van der Waals surface area (Å²) >= 11 is 6.00. The number of carboxylic acid groups (broad SMARTS) is 1. The molecular formula is C10H15ClN2O3S. The van der Waals surface area contributed by atoms with Crippen molar-refractivity contribution in [3.8, 4) is 0 Å². The normalized spacial score (nSPS) is 14.6. The molecule has 0 fully saturated rings. The highest BCUT2D eigenvalue weighted by atomic mass is 35.5. The van der Waals surface area contributed by atoms with Crippen molar-refractivity contribution in [1.82, 2.24) is 9.78 Å². The summed E-state index contributed by atoms with van der Waals surface area (Å²) in [6, 6.07) is 0. The molecular weight excluding hydrogens is 264 g/mol. The van der Waals surface area contributed by atoms with Gasteiger partial charge in [0.05, 0.1) is 11.4 Å². The lowest BCUT2D eigenvalue weighted by Crippen LogP contribution is -2.25. The summed E-state index contributed by atoms with van der Waals surface area (Å²) in [5, 5.41) is 12.6. The minimum Gasteiger partial charge on any atom is -0.480 e. The number of aromatic nitrogens is 2. The van der Waals surface area contributed by atoms with E-state index in [1.807, 2.05) is 0 Å². The van der Waals surface area contributed by atoms with Gasteiger partial charge in [-0.1, -0.05) is 18.5 Å². The van der Waals surface area contributed by atoms with Crippen LogP contribution >= 0.6 is 11.6 Å². The smallest absolute Gasteiger partial charge is 0.319 e. The van der Waals surface area contributed by atoms with E-state index in [-0.39, 0.29) is 5.75 Å². The van der Waals surface area contributed by atoms with Crippen LogP contribution in [0.3, 0.4) is 0 Å². The molecule has 0 aliphatic heterocycles. The lowest BCUT2D eigenvalue weighted by atomic mass is 10.3. The van der Waals surface area contributed by atoms with Gasteiger partial charge in [-0.15, -0.1) is 0 Å². The first-order chi connectivity index (χ1) is 7.88. The summed E-state index contributed by atoms with van der Waals surface area (Å²) in [7, 11) is 0.207. The van der Waals surface area contributed by atoms with Crippen molar-refractivity contribution in [2.75, 3.05) is 0 Å². The second-order valence-electron chi connectivity index (χ2n) is 3.74. The van der Waals surface area contributed by atoms with Crippen LogP contribution in [0.1, 0.15) is 24.6 Å². The van der Waals surface area contributed by atoms with Gasteiger partial charge in [0.1, 0.15) is 10.4 Å². The molecule has 0 radical (unpaired) electrons. The molecule has 1 aromatic rings. The van der Waals surface area contributed by atoms with E-state index < -0.39 is 22.0 Å². The van der Waals surface area contributed by atoms with Gasteiger partial charge >= 0.3 is 5.97 Å². The summed E-state index contributed by atoms with van der Waals surface area (Å²) in [6.45, 7) is 3.47. The summed E-state index contributed by atoms with van der Waals surface area (Å²) in [5.74, 6) is -0.910. The molecule has 0 aromatic carbocycles. The summed E-state index contributed by atoms with van der Waals surface area (Å²) in [6.07, 6.45) is 0.332. The van der Waals surface area contributed by atoms with Gasteiger partial charge in [0.2, 0.25) is 0 Å². The van der Waals surface area contributed by atoms with Crippen molar-refractivity contribution in [3.05, 3.63) is 16.4 Å². The van der Waals surface area contributed by atoms with Crippen molar-refractivity contribution in [3.63, 3.8) is 0 Å².